The quantitative estimate of drug-likeness (QED) is 0.483. The standard InChI is InChI=1S/C18H17N5O2/c19-17(25)16-14-10-5-1-2-6-12(10)21-13(7-3-4-8-24)11-9-20-18(15(11)14)23-22-16/h1-2,5-6,9,22,24H,3-4,7-8H2,(H2,19,25). The van der Waals surface area contributed by atoms with E-state index >= 15 is 0 Å². The molecule has 1 aromatic carbocycles. The molecule has 1 amide bonds. The van der Waals surface area contributed by atoms with Crippen LogP contribution < -0.4 is 5.73 Å². The summed E-state index contributed by atoms with van der Waals surface area (Å²) in [5, 5.41) is 19.2. The van der Waals surface area contributed by atoms with Crippen LogP contribution in [0.1, 0.15) is 29.0 Å². The monoisotopic (exact) mass is 335 g/mol. The van der Waals surface area contributed by atoms with Crippen molar-refractivity contribution in [1.82, 2.24) is 20.2 Å². The van der Waals surface area contributed by atoms with Crippen molar-refractivity contribution in [3.63, 3.8) is 0 Å². The zero-order valence-corrected chi connectivity index (χ0v) is 13.5. The summed E-state index contributed by atoms with van der Waals surface area (Å²) in [6.07, 6.45) is 3.97. The number of para-hydroxylation sites is 1. The van der Waals surface area contributed by atoms with Gasteiger partial charge in [-0.15, -0.1) is 0 Å². The Labute approximate surface area is 142 Å². The van der Waals surface area contributed by atoms with E-state index in [9.17, 15) is 4.79 Å². The minimum atomic E-state index is -0.574. The molecule has 126 valence electrons. The van der Waals surface area contributed by atoms with E-state index in [1.165, 1.54) is 0 Å². The van der Waals surface area contributed by atoms with Gasteiger partial charge in [0.05, 0.1) is 11.2 Å². The molecule has 7 heteroatoms. The number of carbonyl (C=O) groups is 1. The summed E-state index contributed by atoms with van der Waals surface area (Å²) in [6.45, 7) is 0.150. The van der Waals surface area contributed by atoms with Crippen LogP contribution in [0.3, 0.4) is 0 Å². The molecule has 0 saturated carbocycles. The minimum absolute atomic E-state index is 0.150. The topological polar surface area (TPSA) is 118 Å². The first-order valence-corrected chi connectivity index (χ1v) is 8.15. The second-order valence-corrected chi connectivity index (χ2v) is 5.96. The number of aromatic nitrogens is 4. The maximum atomic E-state index is 12.0. The van der Waals surface area contributed by atoms with Crippen LogP contribution in [0.25, 0.3) is 32.7 Å². The van der Waals surface area contributed by atoms with Gasteiger partial charge in [0, 0.05) is 34.3 Å². The SMILES string of the molecule is NC(=O)c1[nH]nc2ncc3c(CCCCO)nc4ccccc4c1c23. The van der Waals surface area contributed by atoms with E-state index in [0.29, 0.717) is 23.9 Å². The van der Waals surface area contributed by atoms with Gasteiger partial charge in [-0.3, -0.25) is 14.9 Å². The molecule has 25 heavy (non-hydrogen) atoms. The number of H-pyrrole nitrogens is 1. The molecule has 0 bridgehead atoms. The average molecular weight is 335 g/mol. The molecule has 0 aliphatic carbocycles. The highest BCUT2D eigenvalue weighted by atomic mass is 16.2. The number of hydrogen-bond donors (Lipinski definition) is 3. The zero-order chi connectivity index (χ0) is 17.4. The Morgan fingerprint density at radius 2 is 2.00 bits per heavy atom. The number of primary amides is 1. The number of nitrogens with two attached hydrogens (primary N) is 1. The third kappa shape index (κ3) is 2.49. The Morgan fingerprint density at radius 3 is 2.80 bits per heavy atom. The van der Waals surface area contributed by atoms with E-state index in [4.69, 9.17) is 15.8 Å². The summed E-state index contributed by atoms with van der Waals surface area (Å²) in [6, 6.07) is 7.64. The maximum Gasteiger partial charge on any atom is 0.267 e. The summed E-state index contributed by atoms with van der Waals surface area (Å²) >= 11 is 0. The van der Waals surface area contributed by atoms with Gasteiger partial charge in [-0.05, 0) is 25.3 Å². The van der Waals surface area contributed by atoms with Crippen molar-refractivity contribution >= 4 is 38.6 Å². The van der Waals surface area contributed by atoms with Crippen LogP contribution >= 0.6 is 0 Å². The molecular weight excluding hydrogens is 318 g/mol. The van der Waals surface area contributed by atoms with Crippen molar-refractivity contribution in [2.24, 2.45) is 5.73 Å². The number of rotatable bonds is 5. The molecule has 4 aromatic rings. The highest BCUT2D eigenvalue weighted by Crippen LogP contribution is 2.32. The van der Waals surface area contributed by atoms with Crippen LogP contribution in [0.4, 0.5) is 0 Å². The van der Waals surface area contributed by atoms with Crippen LogP contribution in [-0.2, 0) is 6.42 Å². The second-order valence-electron chi connectivity index (χ2n) is 5.96. The molecular formula is C18H17N5O2. The van der Waals surface area contributed by atoms with Gasteiger partial charge < -0.3 is 10.8 Å². The summed E-state index contributed by atoms with van der Waals surface area (Å²) < 4.78 is 0. The number of aliphatic hydroxyl groups excluding tert-OH is 1. The third-order valence-electron chi connectivity index (χ3n) is 4.39. The molecule has 0 spiro atoms. The highest BCUT2D eigenvalue weighted by molar-refractivity contribution is 6.22. The van der Waals surface area contributed by atoms with E-state index in [2.05, 4.69) is 15.2 Å². The molecule has 3 aromatic heterocycles. The molecule has 0 radical (unpaired) electrons. The second kappa shape index (κ2) is 6.10. The van der Waals surface area contributed by atoms with E-state index in [1.54, 1.807) is 6.20 Å². The first kappa shape index (κ1) is 15.5. The van der Waals surface area contributed by atoms with Gasteiger partial charge in [0.25, 0.3) is 5.91 Å². The number of aryl methyl sites for hydroxylation is 1. The number of unbranched alkanes of at least 4 members (excludes halogenated alkanes) is 1. The van der Waals surface area contributed by atoms with Crippen molar-refractivity contribution in [2.75, 3.05) is 6.61 Å². The third-order valence-corrected chi connectivity index (χ3v) is 4.39. The number of aliphatic hydroxyl groups is 1. The number of carbonyl (C=O) groups excluding carboxylic acids is 1. The van der Waals surface area contributed by atoms with Crippen LogP contribution in [0.15, 0.2) is 30.5 Å². The lowest BCUT2D eigenvalue weighted by Gasteiger charge is -2.03. The van der Waals surface area contributed by atoms with E-state index in [1.807, 2.05) is 24.3 Å². The fourth-order valence-electron chi connectivity index (χ4n) is 3.25. The molecule has 3 heterocycles. The van der Waals surface area contributed by atoms with E-state index in [-0.39, 0.29) is 12.3 Å². The summed E-state index contributed by atoms with van der Waals surface area (Å²) in [5.74, 6) is -0.574. The fraction of sp³-hybridized carbons (Fsp3) is 0.222. The number of nitrogens with one attached hydrogen (secondary N) is 1. The summed E-state index contributed by atoms with van der Waals surface area (Å²) in [4.78, 5) is 21.1. The van der Waals surface area contributed by atoms with Crippen LogP contribution in [-0.4, -0.2) is 37.8 Å². The molecule has 0 atom stereocenters. The smallest absolute Gasteiger partial charge is 0.267 e. The van der Waals surface area contributed by atoms with Gasteiger partial charge in [0.1, 0.15) is 5.69 Å². The molecule has 0 aliphatic rings. The van der Waals surface area contributed by atoms with Crippen molar-refractivity contribution in [3.05, 3.63) is 41.9 Å². The van der Waals surface area contributed by atoms with Crippen LogP contribution in [0.5, 0.6) is 0 Å². The van der Waals surface area contributed by atoms with Crippen LogP contribution in [0, 0.1) is 0 Å². The van der Waals surface area contributed by atoms with Gasteiger partial charge >= 0.3 is 0 Å². The fourth-order valence-corrected chi connectivity index (χ4v) is 3.25. The number of benzene rings is 1. The number of aromatic amines is 1. The Morgan fingerprint density at radius 1 is 1.16 bits per heavy atom. The zero-order valence-electron chi connectivity index (χ0n) is 13.5. The first-order chi connectivity index (χ1) is 12.2. The molecule has 0 aliphatic heterocycles. The molecule has 4 rings (SSSR count). The van der Waals surface area contributed by atoms with Crippen molar-refractivity contribution < 1.29 is 9.90 Å². The number of nitrogens with zero attached hydrogens (tertiary/aromatic N) is 3. The molecule has 0 saturated heterocycles. The maximum absolute atomic E-state index is 12.0. The highest BCUT2D eigenvalue weighted by Gasteiger charge is 2.18. The Balaban J connectivity index is 2.17. The molecule has 4 N–H and O–H groups in total. The van der Waals surface area contributed by atoms with Crippen LogP contribution in [0.2, 0.25) is 0 Å². The molecule has 7 nitrogen and oxygen atoms in total. The van der Waals surface area contributed by atoms with E-state index in [0.717, 1.165) is 33.8 Å². The predicted octanol–water partition coefficient (Wildman–Crippen LogP) is 2.07. The van der Waals surface area contributed by atoms with Crippen molar-refractivity contribution in [1.29, 1.82) is 0 Å². The number of fused-ring (bicyclic) bond motifs is 2. The average Bonchev–Trinajstić information content (AvgIpc) is 2.98. The normalized spacial score (nSPS) is 11.6. The first-order valence-electron chi connectivity index (χ1n) is 8.15. The van der Waals surface area contributed by atoms with Gasteiger partial charge in [0.15, 0.2) is 5.65 Å². The Kier molecular flexibility index (Phi) is 3.77. The lowest BCUT2D eigenvalue weighted by Crippen LogP contribution is -2.14. The van der Waals surface area contributed by atoms with Gasteiger partial charge in [-0.2, -0.15) is 5.10 Å². The minimum Gasteiger partial charge on any atom is -0.396 e. The molecule has 0 fully saturated rings. The molecule has 0 unspecified atom stereocenters. The number of hydrogen-bond acceptors (Lipinski definition) is 5. The lowest BCUT2D eigenvalue weighted by molar-refractivity contribution is 0.0996. The lowest BCUT2D eigenvalue weighted by atomic mass is 10.1. The largest absolute Gasteiger partial charge is 0.396 e. The number of amides is 1. The Hall–Kier alpha value is -3.06. The van der Waals surface area contributed by atoms with Gasteiger partial charge in [-0.1, -0.05) is 18.2 Å². The summed E-state index contributed by atoms with van der Waals surface area (Å²) in [7, 11) is 0. The summed E-state index contributed by atoms with van der Waals surface area (Å²) in [5.41, 5.74) is 8.01. The predicted molar refractivity (Wildman–Crippen MR) is 95.2 cm³/mol. The van der Waals surface area contributed by atoms with Crippen molar-refractivity contribution in [3.8, 4) is 0 Å². The van der Waals surface area contributed by atoms with E-state index < -0.39 is 5.91 Å². The van der Waals surface area contributed by atoms with Gasteiger partial charge in [0.2, 0.25) is 0 Å². The Bertz CT molecular complexity index is 1100. The van der Waals surface area contributed by atoms with Crippen molar-refractivity contribution in [2.45, 2.75) is 19.3 Å². The van der Waals surface area contributed by atoms with Gasteiger partial charge in [-0.25, -0.2) is 4.98 Å².